The maximum Gasteiger partial charge on any atom is 0.288 e. The molecule has 0 saturated heterocycles. The highest BCUT2D eigenvalue weighted by Gasteiger charge is 2.15. The Labute approximate surface area is 164 Å². The third-order valence-corrected chi connectivity index (χ3v) is 4.92. The average molecular weight is 395 g/mol. The minimum absolute atomic E-state index is 0.214. The minimum Gasteiger partial charge on any atom is -0.322 e. The Kier molecular flexibility index (Phi) is 5.08. The summed E-state index contributed by atoms with van der Waals surface area (Å²) < 4.78 is 27.4. The second kappa shape index (κ2) is 7.82. The molecule has 0 atom stereocenters. The zero-order valence-corrected chi connectivity index (χ0v) is 15.4. The molecule has 0 aliphatic rings. The Hall–Kier alpha value is -3.19. The van der Waals surface area contributed by atoms with E-state index in [0.717, 1.165) is 16.9 Å². The number of halogens is 2. The summed E-state index contributed by atoms with van der Waals surface area (Å²) in [6.45, 7) is 0. The molecule has 2 aromatic heterocycles. The van der Waals surface area contributed by atoms with Gasteiger partial charge in [-0.1, -0.05) is 42.1 Å². The van der Waals surface area contributed by atoms with E-state index >= 15 is 0 Å². The van der Waals surface area contributed by atoms with Crippen LogP contribution < -0.4 is 5.32 Å². The number of pyridine rings is 1. The van der Waals surface area contributed by atoms with Crippen molar-refractivity contribution in [1.82, 2.24) is 9.38 Å². The molecule has 28 heavy (non-hydrogen) atoms. The molecule has 1 amide bonds. The molecule has 0 bridgehead atoms. The van der Waals surface area contributed by atoms with Crippen LogP contribution in [0.4, 0.5) is 14.5 Å². The predicted molar refractivity (Wildman–Crippen MR) is 107 cm³/mol. The highest BCUT2D eigenvalue weighted by atomic mass is 32.2. The SMILES string of the molecule is O=C(Nc1cccc(-c2cn3ccccc3n2)c1)c1ccccc1SC(F)F. The van der Waals surface area contributed by atoms with Crippen molar-refractivity contribution in [2.45, 2.75) is 10.7 Å². The topological polar surface area (TPSA) is 46.4 Å². The molecule has 140 valence electrons. The molecule has 0 fully saturated rings. The first-order chi connectivity index (χ1) is 13.6. The largest absolute Gasteiger partial charge is 0.322 e. The third-order valence-electron chi connectivity index (χ3n) is 4.13. The maximum atomic E-state index is 12.7. The van der Waals surface area contributed by atoms with E-state index in [4.69, 9.17) is 0 Å². The van der Waals surface area contributed by atoms with E-state index in [0.29, 0.717) is 17.4 Å². The minimum atomic E-state index is -2.59. The van der Waals surface area contributed by atoms with Crippen LogP contribution in [0, 0.1) is 0 Å². The number of carbonyl (C=O) groups excluding carboxylic acids is 1. The van der Waals surface area contributed by atoms with Crippen LogP contribution in [0.5, 0.6) is 0 Å². The van der Waals surface area contributed by atoms with Crippen LogP contribution in [-0.4, -0.2) is 21.0 Å². The lowest BCUT2D eigenvalue weighted by atomic mass is 10.1. The standard InChI is InChI=1S/C21H15F2N3OS/c22-21(23)28-18-9-2-1-8-16(18)20(27)24-15-7-5-6-14(12-15)17-13-26-11-4-3-10-19(26)25-17/h1-13,21H,(H,24,27). The average Bonchev–Trinajstić information content (AvgIpc) is 3.12. The van der Waals surface area contributed by atoms with Gasteiger partial charge < -0.3 is 9.72 Å². The molecule has 4 rings (SSSR count). The van der Waals surface area contributed by atoms with Crippen LogP contribution in [0.1, 0.15) is 10.4 Å². The second-order valence-corrected chi connectivity index (χ2v) is 7.03. The molecule has 1 N–H and O–H groups in total. The summed E-state index contributed by atoms with van der Waals surface area (Å²) in [4.78, 5) is 17.4. The van der Waals surface area contributed by atoms with Gasteiger partial charge in [0.05, 0.1) is 11.3 Å². The Balaban J connectivity index is 1.59. The number of nitrogens with zero attached hydrogens (tertiary/aromatic N) is 2. The highest BCUT2D eigenvalue weighted by molar-refractivity contribution is 7.99. The van der Waals surface area contributed by atoms with Crippen LogP contribution >= 0.6 is 11.8 Å². The van der Waals surface area contributed by atoms with Gasteiger partial charge >= 0.3 is 0 Å². The number of aromatic nitrogens is 2. The van der Waals surface area contributed by atoms with Gasteiger partial charge in [-0.2, -0.15) is 8.78 Å². The Morgan fingerprint density at radius 2 is 1.86 bits per heavy atom. The molecular formula is C21H15F2N3OS. The van der Waals surface area contributed by atoms with Crippen LogP contribution in [0.15, 0.2) is 84.0 Å². The van der Waals surface area contributed by atoms with Crippen molar-refractivity contribution in [2.75, 3.05) is 5.32 Å². The lowest BCUT2D eigenvalue weighted by Crippen LogP contribution is -2.13. The number of anilines is 1. The zero-order chi connectivity index (χ0) is 19.5. The molecule has 7 heteroatoms. The van der Waals surface area contributed by atoms with Gasteiger partial charge in [0.15, 0.2) is 0 Å². The molecule has 2 heterocycles. The van der Waals surface area contributed by atoms with E-state index in [1.54, 1.807) is 18.2 Å². The van der Waals surface area contributed by atoms with E-state index in [-0.39, 0.29) is 10.5 Å². The van der Waals surface area contributed by atoms with Gasteiger partial charge in [-0.15, -0.1) is 0 Å². The van der Waals surface area contributed by atoms with Gasteiger partial charge in [-0.3, -0.25) is 4.79 Å². The van der Waals surface area contributed by atoms with Crippen LogP contribution in [0.25, 0.3) is 16.9 Å². The number of carbonyl (C=O) groups is 1. The fourth-order valence-corrected chi connectivity index (χ4v) is 3.52. The number of hydrogen-bond acceptors (Lipinski definition) is 3. The monoisotopic (exact) mass is 395 g/mol. The third kappa shape index (κ3) is 3.89. The molecule has 0 aliphatic heterocycles. The molecular weight excluding hydrogens is 380 g/mol. The van der Waals surface area contributed by atoms with E-state index in [1.165, 1.54) is 12.1 Å². The number of rotatable bonds is 5. The summed E-state index contributed by atoms with van der Waals surface area (Å²) in [5.41, 5.74) is 3.22. The quantitative estimate of drug-likeness (QED) is 0.450. The fourth-order valence-electron chi connectivity index (χ4n) is 2.88. The zero-order valence-electron chi connectivity index (χ0n) is 14.5. The fraction of sp³-hybridized carbons (Fsp3) is 0.0476. The van der Waals surface area contributed by atoms with Crippen LogP contribution in [0.3, 0.4) is 0 Å². The molecule has 4 aromatic rings. The van der Waals surface area contributed by atoms with Crippen molar-refractivity contribution >= 4 is 29.0 Å². The maximum absolute atomic E-state index is 12.7. The summed E-state index contributed by atoms with van der Waals surface area (Å²) in [7, 11) is 0. The number of amides is 1. The first kappa shape index (κ1) is 18.2. The molecule has 0 radical (unpaired) electrons. The number of benzene rings is 2. The van der Waals surface area contributed by atoms with Crippen molar-refractivity contribution in [1.29, 1.82) is 0 Å². The van der Waals surface area contributed by atoms with E-state index in [1.807, 2.05) is 53.2 Å². The van der Waals surface area contributed by atoms with Crippen molar-refractivity contribution < 1.29 is 13.6 Å². The van der Waals surface area contributed by atoms with Gasteiger partial charge in [-0.05, 0) is 36.4 Å². The van der Waals surface area contributed by atoms with E-state index in [2.05, 4.69) is 10.3 Å². The van der Waals surface area contributed by atoms with Gasteiger partial charge in [0.1, 0.15) is 5.65 Å². The lowest BCUT2D eigenvalue weighted by Gasteiger charge is -2.10. The smallest absolute Gasteiger partial charge is 0.288 e. The number of fused-ring (bicyclic) bond motifs is 1. The molecule has 2 aromatic carbocycles. The van der Waals surface area contributed by atoms with Crippen molar-refractivity contribution in [3.63, 3.8) is 0 Å². The molecule has 0 aliphatic carbocycles. The summed E-state index contributed by atoms with van der Waals surface area (Å²) in [6, 6.07) is 19.3. The summed E-state index contributed by atoms with van der Waals surface area (Å²) >= 11 is 0.359. The number of imidazole rings is 1. The van der Waals surface area contributed by atoms with Crippen LogP contribution in [0.2, 0.25) is 0 Å². The van der Waals surface area contributed by atoms with E-state index < -0.39 is 11.7 Å². The summed E-state index contributed by atoms with van der Waals surface area (Å²) in [6.07, 6.45) is 3.82. The van der Waals surface area contributed by atoms with Crippen molar-refractivity contribution in [2.24, 2.45) is 0 Å². The second-order valence-electron chi connectivity index (χ2n) is 6.00. The van der Waals surface area contributed by atoms with Gasteiger partial charge in [0.25, 0.3) is 11.7 Å². The number of hydrogen-bond donors (Lipinski definition) is 1. The Morgan fingerprint density at radius 1 is 1.04 bits per heavy atom. The molecule has 0 spiro atoms. The Bertz CT molecular complexity index is 1110. The lowest BCUT2D eigenvalue weighted by molar-refractivity contribution is 0.102. The molecule has 0 saturated carbocycles. The van der Waals surface area contributed by atoms with E-state index in [9.17, 15) is 13.6 Å². The van der Waals surface area contributed by atoms with Crippen LogP contribution in [-0.2, 0) is 0 Å². The molecule has 4 nitrogen and oxygen atoms in total. The highest BCUT2D eigenvalue weighted by Crippen LogP contribution is 2.29. The summed E-state index contributed by atoms with van der Waals surface area (Å²) in [5, 5.41) is 2.78. The number of alkyl halides is 2. The van der Waals surface area contributed by atoms with Crippen molar-refractivity contribution in [3.8, 4) is 11.3 Å². The van der Waals surface area contributed by atoms with Gasteiger partial charge in [-0.25, -0.2) is 4.98 Å². The van der Waals surface area contributed by atoms with Crippen molar-refractivity contribution in [3.05, 3.63) is 84.7 Å². The normalized spacial score (nSPS) is 11.1. The number of nitrogens with one attached hydrogen (secondary N) is 1. The molecule has 0 unspecified atom stereocenters. The predicted octanol–water partition coefficient (Wildman–Crippen LogP) is 5.57. The first-order valence-corrected chi connectivity index (χ1v) is 9.37. The Morgan fingerprint density at radius 3 is 2.68 bits per heavy atom. The number of thioether (sulfide) groups is 1. The first-order valence-electron chi connectivity index (χ1n) is 8.49. The van der Waals surface area contributed by atoms with Gasteiger partial charge in [0.2, 0.25) is 0 Å². The summed E-state index contributed by atoms with van der Waals surface area (Å²) in [5.74, 6) is -3.02. The van der Waals surface area contributed by atoms with Gasteiger partial charge in [0, 0.05) is 28.5 Å².